The minimum Gasteiger partial charge on any atom is -0.488 e. The Morgan fingerprint density at radius 3 is 2.89 bits per heavy atom. The molecular weight excluding hydrogens is 258 g/mol. The molecule has 3 nitrogen and oxygen atoms in total. The lowest BCUT2D eigenvalue weighted by Gasteiger charge is -2.09. The fourth-order valence-corrected chi connectivity index (χ4v) is 2.37. The molecule has 2 rings (SSSR count). The van der Waals surface area contributed by atoms with Gasteiger partial charge in [-0.05, 0) is 17.5 Å². The van der Waals surface area contributed by atoms with Gasteiger partial charge in [-0.3, -0.25) is 0 Å². The smallest absolute Gasteiger partial charge is 0.125 e. The quantitative estimate of drug-likeness (QED) is 0.839. The third-order valence-corrected chi connectivity index (χ3v) is 3.47. The van der Waals surface area contributed by atoms with Crippen LogP contribution in [0.1, 0.15) is 16.0 Å². The zero-order valence-corrected chi connectivity index (χ0v) is 11.2. The molecule has 98 valence electrons. The highest BCUT2D eigenvalue weighted by Crippen LogP contribution is 2.22. The highest BCUT2D eigenvalue weighted by atomic mass is 32.1. The first-order valence-corrected chi connectivity index (χ1v) is 6.80. The lowest BCUT2D eigenvalue weighted by Crippen LogP contribution is -1.98. The molecule has 2 aromatic rings. The predicted octanol–water partition coefficient (Wildman–Crippen LogP) is 2.13. The van der Waals surface area contributed by atoms with Crippen LogP contribution in [-0.2, 0) is 13.2 Å². The van der Waals surface area contributed by atoms with Crippen LogP contribution >= 0.6 is 11.3 Å². The summed E-state index contributed by atoms with van der Waals surface area (Å²) < 4.78 is 5.74. The van der Waals surface area contributed by atoms with E-state index < -0.39 is 0 Å². The Balaban J connectivity index is 2.08. The molecule has 4 heteroatoms. The number of benzene rings is 1. The Bertz CT molecular complexity index is 595. The first-order valence-electron chi connectivity index (χ1n) is 5.92. The molecule has 0 fully saturated rings. The summed E-state index contributed by atoms with van der Waals surface area (Å²) in [6, 6.07) is 9.42. The third-order valence-electron chi connectivity index (χ3n) is 2.57. The van der Waals surface area contributed by atoms with E-state index >= 15 is 0 Å². The van der Waals surface area contributed by atoms with Crippen LogP contribution in [0.2, 0.25) is 0 Å². The zero-order chi connectivity index (χ0) is 13.5. The van der Waals surface area contributed by atoms with Crippen molar-refractivity contribution in [3.63, 3.8) is 0 Å². The average Bonchev–Trinajstić information content (AvgIpc) is 2.90. The van der Waals surface area contributed by atoms with Gasteiger partial charge in [0.15, 0.2) is 0 Å². The third kappa shape index (κ3) is 3.58. The van der Waals surface area contributed by atoms with Gasteiger partial charge in [-0.2, -0.15) is 0 Å². The molecule has 0 bridgehead atoms. The average molecular weight is 273 g/mol. The van der Waals surface area contributed by atoms with Crippen LogP contribution in [0.15, 0.2) is 35.7 Å². The summed E-state index contributed by atoms with van der Waals surface area (Å²) in [4.78, 5) is 1.06. The number of aliphatic hydroxyl groups excluding tert-OH is 1. The maximum atomic E-state index is 9.23. The van der Waals surface area contributed by atoms with E-state index in [-0.39, 0.29) is 6.61 Å². The second kappa shape index (κ2) is 6.95. The number of hydrogen-bond donors (Lipinski definition) is 2. The van der Waals surface area contributed by atoms with Gasteiger partial charge in [0.2, 0.25) is 0 Å². The molecule has 0 amide bonds. The first kappa shape index (κ1) is 13.6. The molecule has 1 heterocycles. The van der Waals surface area contributed by atoms with Crippen molar-refractivity contribution in [3.05, 3.63) is 51.7 Å². The number of hydrogen-bond acceptors (Lipinski definition) is 4. The van der Waals surface area contributed by atoms with Crippen LogP contribution < -0.4 is 10.5 Å². The number of aliphatic hydroxyl groups is 1. The molecule has 1 aromatic heterocycles. The summed E-state index contributed by atoms with van der Waals surface area (Å²) in [6.07, 6.45) is 0. The van der Waals surface area contributed by atoms with Crippen molar-refractivity contribution in [3.8, 4) is 17.6 Å². The summed E-state index contributed by atoms with van der Waals surface area (Å²) in [5, 5.41) is 11.2. The van der Waals surface area contributed by atoms with Crippen molar-refractivity contribution < 1.29 is 9.84 Å². The van der Waals surface area contributed by atoms with E-state index in [0.717, 1.165) is 16.0 Å². The summed E-state index contributed by atoms with van der Waals surface area (Å²) in [5.74, 6) is 6.57. The number of thiophene rings is 1. The molecule has 19 heavy (non-hydrogen) atoms. The van der Waals surface area contributed by atoms with Crippen molar-refractivity contribution in [2.24, 2.45) is 5.73 Å². The fraction of sp³-hybridized carbons (Fsp3) is 0.200. The van der Waals surface area contributed by atoms with Crippen molar-refractivity contribution in [2.75, 3.05) is 6.54 Å². The van der Waals surface area contributed by atoms with Gasteiger partial charge in [0, 0.05) is 11.1 Å². The van der Waals surface area contributed by atoms with Crippen LogP contribution in [0.4, 0.5) is 0 Å². The SMILES string of the molecule is NCC#Cc1ccsc1COc1ccccc1CO. The van der Waals surface area contributed by atoms with Crippen LogP contribution in [0.3, 0.4) is 0 Å². The molecule has 0 radical (unpaired) electrons. The summed E-state index contributed by atoms with van der Waals surface area (Å²) >= 11 is 1.60. The fourth-order valence-electron chi connectivity index (χ4n) is 1.63. The van der Waals surface area contributed by atoms with Gasteiger partial charge in [-0.25, -0.2) is 0 Å². The van der Waals surface area contributed by atoms with Gasteiger partial charge in [0.25, 0.3) is 0 Å². The van der Waals surface area contributed by atoms with Crippen LogP contribution in [0.5, 0.6) is 5.75 Å². The molecule has 1 aromatic carbocycles. The number of nitrogens with two attached hydrogens (primary N) is 1. The van der Waals surface area contributed by atoms with E-state index in [1.165, 1.54) is 0 Å². The van der Waals surface area contributed by atoms with Gasteiger partial charge in [0.1, 0.15) is 12.4 Å². The molecule has 0 saturated heterocycles. The Kier molecular flexibility index (Phi) is 4.99. The van der Waals surface area contributed by atoms with E-state index in [4.69, 9.17) is 10.5 Å². The topological polar surface area (TPSA) is 55.5 Å². The van der Waals surface area contributed by atoms with Crippen molar-refractivity contribution in [1.82, 2.24) is 0 Å². The molecule has 0 saturated carbocycles. The van der Waals surface area contributed by atoms with E-state index in [1.54, 1.807) is 11.3 Å². The van der Waals surface area contributed by atoms with E-state index in [9.17, 15) is 5.11 Å². The lowest BCUT2D eigenvalue weighted by atomic mass is 10.2. The monoisotopic (exact) mass is 273 g/mol. The predicted molar refractivity (Wildman–Crippen MR) is 76.9 cm³/mol. The highest BCUT2D eigenvalue weighted by molar-refractivity contribution is 7.10. The second-order valence-electron chi connectivity index (χ2n) is 3.82. The molecule has 0 unspecified atom stereocenters. The van der Waals surface area contributed by atoms with Gasteiger partial charge < -0.3 is 15.6 Å². The molecule has 0 aliphatic carbocycles. The van der Waals surface area contributed by atoms with Gasteiger partial charge >= 0.3 is 0 Å². The summed E-state index contributed by atoms with van der Waals surface area (Å²) in [7, 11) is 0. The maximum Gasteiger partial charge on any atom is 0.125 e. The Morgan fingerprint density at radius 1 is 1.26 bits per heavy atom. The summed E-state index contributed by atoms with van der Waals surface area (Å²) in [5.41, 5.74) is 7.11. The zero-order valence-electron chi connectivity index (χ0n) is 10.4. The number of para-hydroxylation sites is 1. The minimum absolute atomic E-state index is 0.0273. The van der Waals surface area contributed by atoms with Gasteiger partial charge in [-0.1, -0.05) is 30.0 Å². The molecule has 0 atom stereocenters. The standard InChI is InChI=1S/C15H15NO2S/c16-8-3-5-12-7-9-19-15(12)11-18-14-6-2-1-4-13(14)10-17/h1-2,4,6-7,9,17H,8,10-11,16H2. The largest absolute Gasteiger partial charge is 0.488 e. The second-order valence-corrected chi connectivity index (χ2v) is 4.82. The van der Waals surface area contributed by atoms with E-state index in [0.29, 0.717) is 18.9 Å². The molecule has 3 N–H and O–H groups in total. The molecular formula is C15H15NO2S. The van der Waals surface area contributed by atoms with Crippen molar-refractivity contribution in [2.45, 2.75) is 13.2 Å². The molecule has 0 aliphatic heterocycles. The van der Waals surface area contributed by atoms with Crippen molar-refractivity contribution >= 4 is 11.3 Å². The molecule has 0 aliphatic rings. The minimum atomic E-state index is -0.0273. The van der Waals surface area contributed by atoms with Gasteiger partial charge in [0.05, 0.1) is 18.0 Å². The first-order chi connectivity index (χ1) is 9.35. The van der Waals surface area contributed by atoms with Crippen LogP contribution in [-0.4, -0.2) is 11.7 Å². The van der Waals surface area contributed by atoms with Crippen LogP contribution in [0.25, 0.3) is 0 Å². The van der Waals surface area contributed by atoms with Crippen LogP contribution in [0, 0.1) is 11.8 Å². The van der Waals surface area contributed by atoms with E-state index in [2.05, 4.69) is 11.8 Å². The Morgan fingerprint density at radius 2 is 2.11 bits per heavy atom. The normalized spacial score (nSPS) is 9.79. The maximum absolute atomic E-state index is 9.23. The number of ether oxygens (including phenoxy) is 1. The molecule has 0 spiro atoms. The number of rotatable bonds is 4. The lowest BCUT2D eigenvalue weighted by molar-refractivity contribution is 0.260. The van der Waals surface area contributed by atoms with E-state index in [1.807, 2.05) is 35.7 Å². The summed E-state index contributed by atoms with van der Waals surface area (Å²) in [6.45, 7) is 0.771. The van der Waals surface area contributed by atoms with Crippen molar-refractivity contribution in [1.29, 1.82) is 0 Å². The highest BCUT2D eigenvalue weighted by Gasteiger charge is 2.05. The van der Waals surface area contributed by atoms with Gasteiger partial charge in [-0.15, -0.1) is 11.3 Å². The Hall–Kier alpha value is -1.80. The Labute approximate surface area is 116 Å².